The Morgan fingerprint density at radius 3 is 2.62 bits per heavy atom. The lowest BCUT2D eigenvalue weighted by molar-refractivity contribution is 0.554. The zero-order valence-corrected chi connectivity index (χ0v) is 13.4. The highest BCUT2D eigenvalue weighted by Crippen LogP contribution is 2.24. The molecule has 1 heterocycles. The Bertz CT molecular complexity index is 718. The minimum Gasteiger partial charge on any atom is -0.305 e. The van der Waals surface area contributed by atoms with E-state index in [0.717, 1.165) is 5.69 Å². The SMILES string of the molecule is C[C@H](NCc1c(Cl)cccc1S(C)(=O)=O)c1ccccn1. The maximum atomic E-state index is 11.8. The molecule has 0 aliphatic heterocycles. The van der Waals surface area contributed by atoms with E-state index in [2.05, 4.69) is 10.3 Å². The van der Waals surface area contributed by atoms with Crippen molar-refractivity contribution in [3.05, 3.63) is 58.9 Å². The molecular weight excluding hydrogens is 308 g/mol. The van der Waals surface area contributed by atoms with Crippen LogP contribution in [-0.2, 0) is 16.4 Å². The van der Waals surface area contributed by atoms with Gasteiger partial charge in [-0.2, -0.15) is 0 Å². The highest BCUT2D eigenvalue weighted by atomic mass is 35.5. The molecule has 0 spiro atoms. The van der Waals surface area contributed by atoms with E-state index >= 15 is 0 Å². The van der Waals surface area contributed by atoms with Crippen LogP contribution in [-0.4, -0.2) is 19.7 Å². The fourth-order valence-corrected chi connectivity index (χ4v) is 3.30. The second kappa shape index (κ2) is 6.56. The van der Waals surface area contributed by atoms with E-state index in [0.29, 0.717) is 17.1 Å². The molecule has 2 rings (SSSR count). The molecule has 1 aromatic carbocycles. The van der Waals surface area contributed by atoms with Gasteiger partial charge in [0.15, 0.2) is 9.84 Å². The van der Waals surface area contributed by atoms with Gasteiger partial charge < -0.3 is 5.32 Å². The van der Waals surface area contributed by atoms with Crippen LogP contribution in [0.1, 0.15) is 24.2 Å². The lowest BCUT2D eigenvalue weighted by Gasteiger charge is -2.16. The Hall–Kier alpha value is -1.43. The number of nitrogens with zero attached hydrogens (tertiary/aromatic N) is 1. The number of pyridine rings is 1. The average molecular weight is 325 g/mol. The van der Waals surface area contributed by atoms with E-state index in [1.165, 1.54) is 6.26 Å². The van der Waals surface area contributed by atoms with E-state index in [9.17, 15) is 8.42 Å². The Morgan fingerprint density at radius 1 is 1.24 bits per heavy atom. The standard InChI is InChI=1S/C15H17ClN2O2S/c1-11(14-7-3-4-9-17-14)18-10-12-13(16)6-5-8-15(12)21(2,19)20/h3-9,11,18H,10H2,1-2H3/t11-/m0/s1. The van der Waals surface area contributed by atoms with E-state index < -0.39 is 9.84 Å². The number of sulfone groups is 1. The van der Waals surface area contributed by atoms with Crippen LogP contribution in [0, 0.1) is 0 Å². The van der Waals surface area contributed by atoms with Gasteiger partial charge in [0.05, 0.1) is 10.6 Å². The molecule has 0 fully saturated rings. The van der Waals surface area contributed by atoms with Gasteiger partial charge in [-0.25, -0.2) is 8.42 Å². The molecule has 112 valence electrons. The molecule has 2 aromatic rings. The number of hydrogen-bond acceptors (Lipinski definition) is 4. The summed E-state index contributed by atoms with van der Waals surface area (Å²) in [6.07, 6.45) is 2.91. The van der Waals surface area contributed by atoms with Crippen LogP contribution in [0.3, 0.4) is 0 Å². The quantitative estimate of drug-likeness (QED) is 0.918. The summed E-state index contributed by atoms with van der Waals surface area (Å²) in [6, 6.07) is 10.6. The van der Waals surface area contributed by atoms with Crippen LogP contribution in [0.15, 0.2) is 47.5 Å². The summed E-state index contributed by atoms with van der Waals surface area (Å²) in [4.78, 5) is 4.53. The number of nitrogens with one attached hydrogen (secondary N) is 1. The van der Waals surface area contributed by atoms with E-state index in [-0.39, 0.29) is 10.9 Å². The van der Waals surface area contributed by atoms with Gasteiger partial charge >= 0.3 is 0 Å². The van der Waals surface area contributed by atoms with Crippen molar-refractivity contribution in [3.8, 4) is 0 Å². The van der Waals surface area contributed by atoms with Gasteiger partial charge in [0, 0.05) is 35.6 Å². The van der Waals surface area contributed by atoms with Gasteiger partial charge in [-0.15, -0.1) is 0 Å². The maximum absolute atomic E-state index is 11.8. The molecule has 21 heavy (non-hydrogen) atoms. The summed E-state index contributed by atoms with van der Waals surface area (Å²) >= 11 is 6.14. The third kappa shape index (κ3) is 4.03. The lowest BCUT2D eigenvalue weighted by atomic mass is 10.1. The van der Waals surface area contributed by atoms with Crippen molar-refractivity contribution in [2.45, 2.75) is 24.4 Å². The van der Waals surface area contributed by atoms with Crippen molar-refractivity contribution in [1.82, 2.24) is 10.3 Å². The Morgan fingerprint density at radius 2 is 2.00 bits per heavy atom. The average Bonchev–Trinajstić information content (AvgIpc) is 2.45. The third-order valence-corrected chi connectivity index (χ3v) is 4.73. The summed E-state index contributed by atoms with van der Waals surface area (Å²) in [7, 11) is -3.31. The maximum Gasteiger partial charge on any atom is 0.175 e. The van der Waals surface area contributed by atoms with Crippen LogP contribution in [0.2, 0.25) is 5.02 Å². The molecule has 0 radical (unpaired) electrons. The van der Waals surface area contributed by atoms with E-state index in [4.69, 9.17) is 11.6 Å². The molecule has 4 nitrogen and oxygen atoms in total. The highest BCUT2D eigenvalue weighted by Gasteiger charge is 2.16. The Labute approximate surface area is 130 Å². The predicted molar refractivity (Wildman–Crippen MR) is 84.1 cm³/mol. The molecule has 1 atom stereocenters. The fraction of sp³-hybridized carbons (Fsp3) is 0.267. The smallest absolute Gasteiger partial charge is 0.175 e. The largest absolute Gasteiger partial charge is 0.305 e. The first-order valence-corrected chi connectivity index (χ1v) is 8.78. The first-order chi connectivity index (χ1) is 9.89. The van der Waals surface area contributed by atoms with Crippen molar-refractivity contribution >= 4 is 21.4 Å². The normalized spacial score (nSPS) is 13.1. The van der Waals surface area contributed by atoms with Gasteiger partial charge in [-0.1, -0.05) is 23.7 Å². The summed E-state index contributed by atoms with van der Waals surface area (Å²) in [6.45, 7) is 2.33. The van der Waals surface area contributed by atoms with Gasteiger partial charge in [-0.3, -0.25) is 4.98 Å². The molecule has 0 aliphatic carbocycles. The predicted octanol–water partition coefficient (Wildman–Crippen LogP) is 2.99. The number of halogens is 1. The van der Waals surface area contributed by atoms with Crippen molar-refractivity contribution < 1.29 is 8.42 Å². The molecule has 0 saturated carbocycles. The zero-order valence-electron chi connectivity index (χ0n) is 11.9. The zero-order chi connectivity index (χ0) is 15.5. The van der Waals surface area contributed by atoms with Crippen LogP contribution in [0.5, 0.6) is 0 Å². The minimum absolute atomic E-state index is 0.00474. The first-order valence-electron chi connectivity index (χ1n) is 6.51. The van der Waals surface area contributed by atoms with Crippen LogP contribution < -0.4 is 5.32 Å². The summed E-state index contributed by atoms with van der Waals surface area (Å²) < 4.78 is 23.6. The highest BCUT2D eigenvalue weighted by molar-refractivity contribution is 7.90. The van der Waals surface area contributed by atoms with Gasteiger partial charge in [0.25, 0.3) is 0 Å². The number of rotatable bonds is 5. The number of aromatic nitrogens is 1. The second-order valence-corrected chi connectivity index (χ2v) is 7.24. The van der Waals surface area contributed by atoms with E-state index in [1.54, 1.807) is 24.4 Å². The molecule has 0 aliphatic rings. The van der Waals surface area contributed by atoms with Crippen LogP contribution in [0.4, 0.5) is 0 Å². The lowest BCUT2D eigenvalue weighted by Crippen LogP contribution is -2.20. The number of hydrogen-bond donors (Lipinski definition) is 1. The Kier molecular flexibility index (Phi) is 4.98. The third-order valence-electron chi connectivity index (χ3n) is 3.19. The van der Waals surface area contributed by atoms with Crippen molar-refractivity contribution in [3.63, 3.8) is 0 Å². The summed E-state index contributed by atoms with van der Waals surface area (Å²) in [5.41, 5.74) is 1.48. The first kappa shape index (κ1) is 15.9. The fourth-order valence-electron chi connectivity index (χ4n) is 2.05. The Balaban J connectivity index is 2.21. The van der Waals surface area contributed by atoms with Crippen LogP contribution >= 0.6 is 11.6 Å². The molecule has 0 bridgehead atoms. The molecule has 6 heteroatoms. The van der Waals surface area contributed by atoms with Gasteiger partial charge in [0.1, 0.15) is 0 Å². The van der Waals surface area contributed by atoms with Gasteiger partial charge in [-0.05, 0) is 31.2 Å². The van der Waals surface area contributed by atoms with Crippen molar-refractivity contribution in [2.75, 3.05) is 6.26 Å². The summed E-state index contributed by atoms with van der Waals surface area (Å²) in [5.74, 6) is 0. The molecule has 0 unspecified atom stereocenters. The molecule has 1 aromatic heterocycles. The van der Waals surface area contributed by atoms with Crippen molar-refractivity contribution in [1.29, 1.82) is 0 Å². The molecular formula is C15H17ClN2O2S. The number of benzene rings is 1. The molecule has 0 amide bonds. The topological polar surface area (TPSA) is 59.1 Å². The minimum atomic E-state index is -3.31. The summed E-state index contributed by atoms with van der Waals surface area (Å²) in [5, 5.41) is 3.70. The second-order valence-electron chi connectivity index (χ2n) is 4.85. The van der Waals surface area contributed by atoms with Crippen molar-refractivity contribution in [2.24, 2.45) is 0 Å². The molecule has 1 N–H and O–H groups in total. The van der Waals surface area contributed by atoms with E-state index in [1.807, 2.05) is 25.1 Å². The monoisotopic (exact) mass is 324 g/mol. The molecule has 0 saturated heterocycles. The van der Waals surface area contributed by atoms with Crippen LogP contribution in [0.25, 0.3) is 0 Å². The van der Waals surface area contributed by atoms with Gasteiger partial charge in [0.2, 0.25) is 0 Å².